The smallest absolute Gasteiger partial charge is 0.228 e. The van der Waals surface area contributed by atoms with E-state index in [2.05, 4.69) is 34.5 Å². The van der Waals surface area contributed by atoms with E-state index in [9.17, 15) is 4.79 Å². The van der Waals surface area contributed by atoms with E-state index in [1.807, 2.05) is 6.07 Å². The van der Waals surface area contributed by atoms with Crippen LogP contribution in [-0.4, -0.2) is 30.4 Å². The van der Waals surface area contributed by atoms with Crippen molar-refractivity contribution in [1.82, 2.24) is 10.2 Å². The summed E-state index contributed by atoms with van der Waals surface area (Å²) in [4.78, 5) is 14.0. The Morgan fingerprint density at radius 3 is 2.41 bits per heavy atom. The number of piperidine rings is 1. The van der Waals surface area contributed by atoms with E-state index in [4.69, 9.17) is 0 Å². The highest BCUT2D eigenvalue weighted by Crippen LogP contribution is 2.36. The van der Waals surface area contributed by atoms with Crippen molar-refractivity contribution in [2.24, 2.45) is 5.41 Å². The first-order valence-corrected chi connectivity index (χ1v) is 6.33. The average Bonchev–Trinajstić information content (AvgIpc) is 2.39. The maximum Gasteiger partial charge on any atom is 0.228 e. The van der Waals surface area contributed by atoms with Gasteiger partial charge in [-0.05, 0) is 31.5 Å². The van der Waals surface area contributed by atoms with Crippen molar-refractivity contribution in [2.75, 3.05) is 19.6 Å². The number of nitrogens with one attached hydrogen (secondary N) is 1. The maximum absolute atomic E-state index is 11.5. The van der Waals surface area contributed by atoms with Crippen molar-refractivity contribution in [3.63, 3.8) is 0 Å². The molecule has 0 aromatic heterocycles. The molecule has 2 aliphatic heterocycles. The predicted molar refractivity (Wildman–Crippen MR) is 66.4 cm³/mol. The molecule has 0 aliphatic carbocycles. The summed E-state index contributed by atoms with van der Waals surface area (Å²) in [7, 11) is 0. The van der Waals surface area contributed by atoms with Crippen molar-refractivity contribution >= 4 is 5.91 Å². The van der Waals surface area contributed by atoms with Crippen LogP contribution in [0.1, 0.15) is 18.4 Å². The summed E-state index contributed by atoms with van der Waals surface area (Å²) < 4.78 is 0. The quantitative estimate of drug-likeness (QED) is 0.779. The van der Waals surface area contributed by atoms with Crippen LogP contribution in [0, 0.1) is 5.41 Å². The summed E-state index contributed by atoms with van der Waals surface area (Å²) >= 11 is 0. The van der Waals surface area contributed by atoms with Gasteiger partial charge in [0.1, 0.15) is 0 Å². The van der Waals surface area contributed by atoms with E-state index in [1.165, 1.54) is 5.56 Å². The minimum absolute atomic E-state index is 0.00676. The van der Waals surface area contributed by atoms with Crippen LogP contribution in [-0.2, 0) is 11.3 Å². The number of amides is 1. The van der Waals surface area contributed by atoms with E-state index in [-0.39, 0.29) is 11.3 Å². The Labute approximate surface area is 102 Å². The van der Waals surface area contributed by atoms with Crippen LogP contribution in [0.2, 0.25) is 0 Å². The Morgan fingerprint density at radius 1 is 1.18 bits per heavy atom. The number of likely N-dealkylation sites (tertiary alicyclic amines) is 1. The molecule has 1 aromatic rings. The lowest BCUT2D eigenvalue weighted by Crippen LogP contribution is -2.62. The van der Waals surface area contributed by atoms with Crippen LogP contribution in [0.25, 0.3) is 0 Å². The molecule has 2 fully saturated rings. The van der Waals surface area contributed by atoms with Gasteiger partial charge in [-0.15, -0.1) is 0 Å². The van der Waals surface area contributed by atoms with Gasteiger partial charge in [0.2, 0.25) is 5.91 Å². The molecule has 0 bridgehead atoms. The molecule has 3 nitrogen and oxygen atoms in total. The molecule has 3 rings (SSSR count). The molecule has 3 heteroatoms. The minimum Gasteiger partial charge on any atom is -0.354 e. The average molecular weight is 230 g/mol. The monoisotopic (exact) mass is 230 g/mol. The highest BCUT2D eigenvalue weighted by Gasteiger charge is 2.47. The van der Waals surface area contributed by atoms with Gasteiger partial charge in [0.05, 0.1) is 5.41 Å². The third-order valence-corrected chi connectivity index (χ3v) is 4.13. The number of hydrogen-bond donors (Lipinski definition) is 1. The van der Waals surface area contributed by atoms with Crippen LogP contribution in [0.15, 0.2) is 30.3 Å². The lowest BCUT2D eigenvalue weighted by Gasteiger charge is -2.46. The third-order valence-electron chi connectivity index (χ3n) is 4.13. The normalized spacial score (nSPS) is 23.2. The Hall–Kier alpha value is -1.35. The molecule has 1 spiro atoms. The van der Waals surface area contributed by atoms with Gasteiger partial charge in [0.25, 0.3) is 0 Å². The Balaban J connectivity index is 1.57. The van der Waals surface area contributed by atoms with Gasteiger partial charge in [-0.1, -0.05) is 30.3 Å². The Kier molecular flexibility index (Phi) is 2.63. The molecule has 1 N–H and O–H groups in total. The molecule has 90 valence electrons. The number of rotatable bonds is 2. The number of benzene rings is 1. The van der Waals surface area contributed by atoms with Gasteiger partial charge >= 0.3 is 0 Å². The van der Waals surface area contributed by atoms with Gasteiger partial charge in [0.15, 0.2) is 0 Å². The molecule has 0 saturated carbocycles. The van der Waals surface area contributed by atoms with E-state index in [0.717, 1.165) is 39.0 Å². The summed E-state index contributed by atoms with van der Waals surface area (Å²) in [5, 5.41) is 2.88. The van der Waals surface area contributed by atoms with Gasteiger partial charge < -0.3 is 5.32 Å². The molecule has 2 saturated heterocycles. The first kappa shape index (κ1) is 10.8. The van der Waals surface area contributed by atoms with Crippen molar-refractivity contribution in [1.29, 1.82) is 0 Å². The van der Waals surface area contributed by atoms with Gasteiger partial charge in [-0.3, -0.25) is 9.69 Å². The minimum atomic E-state index is -0.00676. The molecule has 2 heterocycles. The molecule has 2 aliphatic rings. The van der Waals surface area contributed by atoms with Gasteiger partial charge in [-0.25, -0.2) is 0 Å². The highest BCUT2D eigenvalue weighted by atomic mass is 16.2. The molecule has 1 aromatic carbocycles. The molecular formula is C14H18N2O. The zero-order chi connectivity index (χ0) is 11.7. The summed E-state index contributed by atoms with van der Waals surface area (Å²) in [6.07, 6.45) is 2.04. The molecule has 0 radical (unpaired) electrons. The van der Waals surface area contributed by atoms with E-state index >= 15 is 0 Å². The van der Waals surface area contributed by atoms with E-state index in [0.29, 0.717) is 0 Å². The molecule has 1 amide bonds. The first-order chi connectivity index (χ1) is 8.28. The lowest BCUT2D eigenvalue weighted by atomic mass is 9.72. The number of hydrogen-bond acceptors (Lipinski definition) is 2. The standard InChI is InChI=1S/C14H18N2O/c17-13-14(11-15-13)6-8-16(9-7-14)10-12-4-2-1-3-5-12/h1-5H,6-11H2,(H,15,17). The summed E-state index contributed by atoms with van der Waals surface area (Å²) in [6, 6.07) is 10.6. The zero-order valence-corrected chi connectivity index (χ0v) is 9.98. The van der Waals surface area contributed by atoms with Crippen LogP contribution >= 0.6 is 0 Å². The van der Waals surface area contributed by atoms with Crippen LogP contribution in [0.5, 0.6) is 0 Å². The number of nitrogens with zero attached hydrogens (tertiary/aromatic N) is 1. The van der Waals surface area contributed by atoms with Crippen LogP contribution in [0.4, 0.5) is 0 Å². The Bertz CT molecular complexity index is 407. The third kappa shape index (κ3) is 1.95. The fraction of sp³-hybridized carbons (Fsp3) is 0.500. The van der Waals surface area contributed by atoms with Crippen LogP contribution in [0.3, 0.4) is 0 Å². The number of carbonyl (C=O) groups excluding carboxylic acids is 1. The van der Waals surface area contributed by atoms with Crippen molar-refractivity contribution in [3.05, 3.63) is 35.9 Å². The molecule has 0 unspecified atom stereocenters. The van der Waals surface area contributed by atoms with Crippen molar-refractivity contribution in [2.45, 2.75) is 19.4 Å². The molecule has 17 heavy (non-hydrogen) atoms. The zero-order valence-electron chi connectivity index (χ0n) is 9.98. The highest BCUT2D eigenvalue weighted by molar-refractivity contribution is 5.88. The van der Waals surface area contributed by atoms with Gasteiger partial charge in [-0.2, -0.15) is 0 Å². The summed E-state index contributed by atoms with van der Waals surface area (Å²) in [5.74, 6) is 0.275. The van der Waals surface area contributed by atoms with Crippen LogP contribution < -0.4 is 5.32 Å². The van der Waals surface area contributed by atoms with Crippen molar-refractivity contribution < 1.29 is 4.79 Å². The largest absolute Gasteiger partial charge is 0.354 e. The fourth-order valence-electron chi connectivity index (χ4n) is 2.80. The second-order valence-corrected chi connectivity index (χ2v) is 5.22. The second kappa shape index (κ2) is 4.15. The number of β-lactam (4-membered cyclic amide) rings is 1. The molecule has 0 atom stereocenters. The van der Waals surface area contributed by atoms with Gasteiger partial charge in [0, 0.05) is 13.1 Å². The molecular weight excluding hydrogens is 212 g/mol. The Morgan fingerprint density at radius 2 is 1.88 bits per heavy atom. The maximum atomic E-state index is 11.5. The second-order valence-electron chi connectivity index (χ2n) is 5.22. The van der Waals surface area contributed by atoms with E-state index < -0.39 is 0 Å². The van der Waals surface area contributed by atoms with E-state index in [1.54, 1.807) is 0 Å². The number of carbonyl (C=O) groups is 1. The SMILES string of the molecule is O=C1NCC12CCN(Cc1ccccc1)CC2. The summed E-state index contributed by atoms with van der Waals surface area (Å²) in [6.45, 7) is 3.99. The first-order valence-electron chi connectivity index (χ1n) is 6.33. The summed E-state index contributed by atoms with van der Waals surface area (Å²) in [5.41, 5.74) is 1.36. The fourth-order valence-corrected chi connectivity index (χ4v) is 2.80. The topological polar surface area (TPSA) is 32.3 Å². The predicted octanol–water partition coefficient (Wildman–Crippen LogP) is 1.40. The lowest BCUT2D eigenvalue weighted by molar-refractivity contribution is -0.143. The van der Waals surface area contributed by atoms with Crippen molar-refractivity contribution in [3.8, 4) is 0 Å².